The van der Waals surface area contributed by atoms with Crippen molar-refractivity contribution in [2.24, 2.45) is 0 Å². The van der Waals surface area contributed by atoms with Crippen molar-refractivity contribution in [2.75, 3.05) is 26.2 Å². The molecule has 212 valence electrons. The van der Waals surface area contributed by atoms with E-state index >= 15 is 0 Å². The standard InChI is InChI=1S/C27H28ClN3O6S3/c28-21-6-4-20(5-7-21)19-31-25-13-12-24(18-26(25)38-27(31)32)39(33,34)29-14-17-37-22-8-10-23(11-9-22)40(35,36)30-15-2-1-3-16-30/h4-13,18,29H,1-3,14-17,19H2. The molecule has 3 aromatic carbocycles. The Kier molecular flexibility index (Phi) is 8.64. The fourth-order valence-corrected chi connectivity index (χ4v) is 8.21. The molecule has 4 aromatic rings. The van der Waals surface area contributed by atoms with E-state index in [0.29, 0.717) is 40.6 Å². The lowest BCUT2D eigenvalue weighted by molar-refractivity contribution is 0.322. The minimum Gasteiger partial charge on any atom is -0.492 e. The van der Waals surface area contributed by atoms with Crippen LogP contribution in [0.4, 0.5) is 0 Å². The maximum absolute atomic E-state index is 12.9. The summed E-state index contributed by atoms with van der Waals surface area (Å²) >= 11 is 6.93. The SMILES string of the molecule is O=c1sc2cc(S(=O)(=O)NCCOc3ccc(S(=O)(=O)N4CCCCC4)cc3)ccc2n1Cc1ccc(Cl)cc1. The van der Waals surface area contributed by atoms with Gasteiger partial charge in [-0.05, 0) is 73.0 Å². The number of nitrogens with one attached hydrogen (secondary N) is 1. The summed E-state index contributed by atoms with van der Waals surface area (Å²) in [6, 6.07) is 17.9. The lowest BCUT2D eigenvalue weighted by Gasteiger charge is -2.25. The van der Waals surface area contributed by atoms with E-state index in [-0.39, 0.29) is 27.8 Å². The number of hydrogen-bond acceptors (Lipinski definition) is 7. The van der Waals surface area contributed by atoms with Crippen LogP contribution in [0, 0.1) is 0 Å². The van der Waals surface area contributed by atoms with Gasteiger partial charge in [0, 0.05) is 24.7 Å². The van der Waals surface area contributed by atoms with Crippen molar-refractivity contribution in [3.05, 3.63) is 87.0 Å². The second-order valence-corrected chi connectivity index (χ2v) is 14.5. The van der Waals surface area contributed by atoms with Gasteiger partial charge in [0.25, 0.3) is 0 Å². The number of fused-ring (bicyclic) bond motifs is 1. The molecule has 0 aliphatic carbocycles. The number of rotatable bonds is 10. The number of benzene rings is 3. The Bertz CT molecular complexity index is 1760. The summed E-state index contributed by atoms with van der Waals surface area (Å²) < 4.78 is 63.1. The number of aromatic nitrogens is 1. The minimum atomic E-state index is -3.85. The number of nitrogens with zero attached hydrogens (tertiary/aromatic N) is 2. The smallest absolute Gasteiger partial charge is 0.308 e. The molecule has 40 heavy (non-hydrogen) atoms. The number of halogens is 1. The van der Waals surface area contributed by atoms with Gasteiger partial charge in [0.1, 0.15) is 12.4 Å². The summed E-state index contributed by atoms with van der Waals surface area (Å²) in [5.41, 5.74) is 1.56. The third kappa shape index (κ3) is 6.42. The molecular weight excluding hydrogens is 594 g/mol. The molecule has 0 saturated carbocycles. The largest absolute Gasteiger partial charge is 0.492 e. The fourth-order valence-electron chi connectivity index (χ4n) is 4.53. The summed E-state index contributed by atoms with van der Waals surface area (Å²) in [5, 5.41) is 0.607. The highest BCUT2D eigenvalue weighted by Crippen LogP contribution is 2.24. The predicted octanol–water partition coefficient (Wildman–Crippen LogP) is 4.30. The second-order valence-electron chi connectivity index (χ2n) is 9.39. The van der Waals surface area contributed by atoms with Crippen LogP contribution in [0.15, 0.2) is 81.3 Å². The summed E-state index contributed by atoms with van der Waals surface area (Å²) in [6.07, 6.45) is 2.76. The minimum absolute atomic E-state index is 0.00200. The Morgan fingerprint density at radius 1 is 0.875 bits per heavy atom. The molecule has 13 heteroatoms. The first-order valence-electron chi connectivity index (χ1n) is 12.7. The van der Waals surface area contributed by atoms with Gasteiger partial charge in [0.15, 0.2) is 0 Å². The molecule has 2 heterocycles. The van der Waals surface area contributed by atoms with Gasteiger partial charge < -0.3 is 4.74 Å². The van der Waals surface area contributed by atoms with Crippen LogP contribution >= 0.6 is 22.9 Å². The molecule has 0 bridgehead atoms. The average Bonchev–Trinajstić information content (AvgIpc) is 3.27. The van der Waals surface area contributed by atoms with Gasteiger partial charge in [-0.2, -0.15) is 4.31 Å². The van der Waals surface area contributed by atoms with E-state index < -0.39 is 20.0 Å². The van der Waals surface area contributed by atoms with Crippen LogP contribution in [-0.2, 0) is 26.6 Å². The molecule has 1 aliphatic rings. The zero-order valence-corrected chi connectivity index (χ0v) is 24.7. The Morgan fingerprint density at radius 3 is 2.25 bits per heavy atom. The van der Waals surface area contributed by atoms with E-state index in [1.165, 1.54) is 28.6 Å². The van der Waals surface area contributed by atoms with Crippen LogP contribution in [0.25, 0.3) is 10.2 Å². The molecule has 0 amide bonds. The van der Waals surface area contributed by atoms with E-state index in [9.17, 15) is 21.6 Å². The molecule has 1 aliphatic heterocycles. The molecule has 0 unspecified atom stereocenters. The molecule has 0 atom stereocenters. The molecule has 1 saturated heterocycles. The Morgan fingerprint density at radius 2 is 1.55 bits per heavy atom. The van der Waals surface area contributed by atoms with Gasteiger partial charge in [-0.3, -0.25) is 9.36 Å². The van der Waals surface area contributed by atoms with E-state index in [1.54, 1.807) is 34.9 Å². The Hall–Kier alpha value is -2.74. The summed E-state index contributed by atoms with van der Waals surface area (Å²) in [7, 11) is -7.37. The summed E-state index contributed by atoms with van der Waals surface area (Å²) in [4.78, 5) is 12.7. The van der Waals surface area contributed by atoms with Crippen molar-refractivity contribution in [2.45, 2.75) is 35.6 Å². The third-order valence-corrected chi connectivity index (χ3v) is 11.2. The molecule has 1 N–H and O–H groups in total. The van der Waals surface area contributed by atoms with Gasteiger partial charge in [0.2, 0.25) is 20.0 Å². The molecule has 1 fully saturated rings. The molecule has 5 rings (SSSR count). The zero-order chi connectivity index (χ0) is 28.3. The van der Waals surface area contributed by atoms with Crippen molar-refractivity contribution in [3.8, 4) is 5.75 Å². The third-order valence-electron chi connectivity index (χ3n) is 6.64. The molecule has 0 spiro atoms. The first-order chi connectivity index (χ1) is 19.1. The van der Waals surface area contributed by atoms with Crippen molar-refractivity contribution < 1.29 is 21.6 Å². The van der Waals surface area contributed by atoms with Crippen molar-refractivity contribution in [1.29, 1.82) is 0 Å². The molecule has 9 nitrogen and oxygen atoms in total. The molecular formula is C27H28ClN3O6S3. The van der Waals surface area contributed by atoms with Gasteiger partial charge in [0.05, 0.1) is 26.6 Å². The van der Waals surface area contributed by atoms with Crippen LogP contribution in [-0.4, -0.2) is 51.9 Å². The highest BCUT2D eigenvalue weighted by Gasteiger charge is 2.25. The van der Waals surface area contributed by atoms with E-state index in [0.717, 1.165) is 36.2 Å². The second kappa shape index (κ2) is 12.0. The van der Waals surface area contributed by atoms with Gasteiger partial charge in [-0.1, -0.05) is 41.5 Å². The number of thiazole rings is 1. The summed E-state index contributed by atoms with van der Waals surface area (Å²) in [6.45, 7) is 1.46. The lowest BCUT2D eigenvalue weighted by Crippen LogP contribution is -2.35. The number of hydrogen-bond donors (Lipinski definition) is 1. The topological polar surface area (TPSA) is 115 Å². The molecule has 1 aromatic heterocycles. The average molecular weight is 622 g/mol. The quantitative estimate of drug-likeness (QED) is 0.264. The number of piperidine rings is 1. The predicted molar refractivity (Wildman–Crippen MR) is 156 cm³/mol. The Labute approximate surface area is 242 Å². The van der Waals surface area contributed by atoms with Crippen LogP contribution in [0.3, 0.4) is 0 Å². The number of sulfonamides is 2. The highest BCUT2D eigenvalue weighted by atomic mass is 35.5. The van der Waals surface area contributed by atoms with Crippen molar-refractivity contribution >= 4 is 53.2 Å². The monoisotopic (exact) mass is 621 g/mol. The highest BCUT2D eigenvalue weighted by molar-refractivity contribution is 7.89. The lowest BCUT2D eigenvalue weighted by atomic mass is 10.2. The van der Waals surface area contributed by atoms with Crippen LogP contribution in [0.2, 0.25) is 5.02 Å². The van der Waals surface area contributed by atoms with E-state index in [2.05, 4.69) is 4.72 Å². The zero-order valence-electron chi connectivity index (χ0n) is 21.5. The molecule has 0 radical (unpaired) electrons. The van der Waals surface area contributed by atoms with E-state index in [1.807, 2.05) is 12.1 Å². The summed E-state index contributed by atoms with van der Waals surface area (Å²) in [5.74, 6) is 0.435. The van der Waals surface area contributed by atoms with Crippen molar-refractivity contribution in [3.63, 3.8) is 0 Å². The van der Waals surface area contributed by atoms with Gasteiger partial charge >= 0.3 is 4.87 Å². The maximum atomic E-state index is 12.9. The fraction of sp³-hybridized carbons (Fsp3) is 0.296. The first kappa shape index (κ1) is 28.8. The van der Waals surface area contributed by atoms with Crippen LogP contribution in [0.5, 0.6) is 5.75 Å². The van der Waals surface area contributed by atoms with Crippen molar-refractivity contribution in [1.82, 2.24) is 13.6 Å². The van der Waals surface area contributed by atoms with Gasteiger partial charge in [-0.15, -0.1) is 0 Å². The normalized spacial score (nSPS) is 14.9. The van der Waals surface area contributed by atoms with Gasteiger partial charge in [-0.25, -0.2) is 21.6 Å². The van der Waals surface area contributed by atoms with Crippen LogP contribution in [0.1, 0.15) is 24.8 Å². The Balaban J connectivity index is 1.18. The van der Waals surface area contributed by atoms with E-state index in [4.69, 9.17) is 16.3 Å². The maximum Gasteiger partial charge on any atom is 0.308 e. The number of ether oxygens (including phenoxy) is 1. The first-order valence-corrected chi connectivity index (χ1v) is 16.9. The van der Waals surface area contributed by atoms with Crippen LogP contribution < -0.4 is 14.3 Å².